The maximum Gasteiger partial charge on any atom is 0.260 e. The van der Waals surface area contributed by atoms with Crippen LogP contribution in [-0.2, 0) is 10.3 Å². The molecule has 2 aromatic rings. The Bertz CT molecular complexity index is 603. The molecule has 1 saturated carbocycles. The lowest BCUT2D eigenvalue weighted by molar-refractivity contribution is -0.0469. The second-order valence-electron chi connectivity index (χ2n) is 5.35. The van der Waals surface area contributed by atoms with Crippen molar-refractivity contribution in [2.45, 2.75) is 38.2 Å². The van der Waals surface area contributed by atoms with E-state index in [1.165, 1.54) is 0 Å². The van der Waals surface area contributed by atoms with Gasteiger partial charge in [-0.25, -0.2) is 0 Å². The van der Waals surface area contributed by atoms with Crippen LogP contribution in [0.25, 0.3) is 11.5 Å². The van der Waals surface area contributed by atoms with Crippen molar-refractivity contribution in [1.29, 1.82) is 0 Å². The maximum atomic E-state index is 5.98. The highest BCUT2D eigenvalue weighted by atomic mass is 16.5. The molecule has 5 heteroatoms. The van der Waals surface area contributed by atoms with E-state index in [0.717, 1.165) is 36.9 Å². The minimum absolute atomic E-state index is 0.356. The smallest absolute Gasteiger partial charge is 0.260 e. The van der Waals surface area contributed by atoms with Crippen molar-refractivity contribution in [3.63, 3.8) is 0 Å². The van der Waals surface area contributed by atoms with Gasteiger partial charge in [0.05, 0.1) is 5.56 Å². The van der Waals surface area contributed by atoms with Crippen LogP contribution in [0, 0.1) is 0 Å². The monoisotopic (exact) mass is 287 g/mol. The quantitative estimate of drug-likeness (QED) is 0.910. The molecule has 0 saturated heterocycles. The molecule has 1 N–H and O–H groups in total. The van der Waals surface area contributed by atoms with Crippen molar-refractivity contribution in [2.75, 3.05) is 19.0 Å². The second-order valence-corrected chi connectivity index (χ2v) is 5.35. The van der Waals surface area contributed by atoms with E-state index in [2.05, 4.69) is 15.5 Å². The van der Waals surface area contributed by atoms with Crippen LogP contribution in [0.3, 0.4) is 0 Å². The Labute approximate surface area is 124 Å². The minimum Gasteiger partial charge on any atom is -0.387 e. The molecule has 1 aliphatic carbocycles. The molecule has 0 amide bonds. The summed E-state index contributed by atoms with van der Waals surface area (Å²) < 4.78 is 11.5. The lowest BCUT2D eigenvalue weighted by atomic mass is 10.0. The van der Waals surface area contributed by atoms with Gasteiger partial charge in [0.2, 0.25) is 5.82 Å². The second kappa shape index (κ2) is 5.85. The Kier molecular flexibility index (Phi) is 3.92. The minimum atomic E-state index is -0.356. The molecular weight excluding hydrogens is 266 g/mol. The SMILES string of the molecule is CCOC1(c2noc(-c3ccccc3NC)n2)CCCC1. The Morgan fingerprint density at radius 1 is 1.29 bits per heavy atom. The van der Waals surface area contributed by atoms with E-state index in [9.17, 15) is 0 Å². The molecule has 1 aliphatic rings. The Morgan fingerprint density at radius 2 is 2.05 bits per heavy atom. The fourth-order valence-electron chi connectivity index (χ4n) is 3.06. The molecule has 0 atom stereocenters. The lowest BCUT2D eigenvalue weighted by Gasteiger charge is -2.24. The fraction of sp³-hybridized carbons (Fsp3) is 0.500. The highest BCUT2D eigenvalue weighted by molar-refractivity contribution is 5.72. The van der Waals surface area contributed by atoms with Crippen LogP contribution >= 0.6 is 0 Å². The summed E-state index contributed by atoms with van der Waals surface area (Å²) in [6.45, 7) is 2.67. The summed E-state index contributed by atoms with van der Waals surface area (Å²) in [5.74, 6) is 1.23. The number of anilines is 1. The zero-order chi connectivity index (χ0) is 14.7. The van der Waals surface area contributed by atoms with Crippen LogP contribution in [0.5, 0.6) is 0 Å². The molecule has 0 unspecified atom stereocenters. The van der Waals surface area contributed by atoms with Crippen LogP contribution < -0.4 is 5.32 Å². The normalized spacial score (nSPS) is 17.0. The van der Waals surface area contributed by atoms with Gasteiger partial charge in [-0.3, -0.25) is 0 Å². The summed E-state index contributed by atoms with van der Waals surface area (Å²) in [6, 6.07) is 7.91. The van der Waals surface area contributed by atoms with Gasteiger partial charge in [0, 0.05) is 19.3 Å². The van der Waals surface area contributed by atoms with Gasteiger partial charge in [0.1, 0.15) is 5.60 Å². The maximum absolute atomic E-state index is 5.98. The standard InChI is InChI=1S/C16H21N3O2/c1-3-20-16(10-6-7-11-16)15-18-14(21-19-15)12-8-4-5-9-13(12)17-2/h4-5,8-9,17H,3,6-7,10-11H2,1-2H3. The molecule has 3 rings (SSSR count). The first kappa shape index (κ1) is 14.1. The van der Waals surface area contributed by atoms with Gasteiger partial charge in [0.15, 0.2) is 0 Å². The fourth-order valence-corrected chi connectivity index (χ4v) is 3.06. The van der Waals surface area contributed by atoms with Crippen molar-refractivity contribution >= 4 is 5.69 Å². The number of benzene rings is 1. The summed E-state index contributed by atoms with van der Waals surface area (Å²) in [7, 11) is 1.88. The first-order chi connectivity index (χ1) is 10.3. The molecule has 0 aliphatic heterocycles. The average Bonchev–Trinajstić information content (AvgIpc) is 3.17. The van der Waals surface area contributed by atoms with Crippen LogP contribution in [-0.4, -0.2) is 23.8 Å². The number of rotatable bonds is 5. The molecule has 0 spiro atoms. The van der Waals surface area contributed by atoms with Crippen molar-refractivity contribution in [3.05, 3.63) is 30.1 Å². The lowest BCUT2D eigenvalue weighted by Crippen LogP contribution is -2.27. The van der Waals surface area contributed by atoms with E-state index in [4.69, 9.17) is 9.26 Å². The molecule has 1 aromatic carbocycles. The molecule has 1 fully saturated rings. The van der Waals surface area contributed by atoms with Gasteiger partial charge in [0.25, 0.3) is 5.89 Å². The Balaban J connectivity index is 1.96. The van der Waals surface area contributed by atoms with Gasteiger partial charge in [-0.05, 0) is 44.7 Å². The largest absolute Gasteiger partial charge is 0.387 e. The van der Waals surface area contributed by atoms with Crippen LogP contribution in [0.2, 0.25) is 0 Å². The topological polar surface area (TPSA) is 60.2 Å². The summed E-state index contributed by atoms with van der Waals surface area (Å²) in [6.07, 6.45) is 4.23. The molecule has 1 aromatic heterocycles. The number of hydrogen-bond acceptors (Lipinski definition) is 5. The summed E-state index contributed by atoms with van der Waals surface area (Å²) in [4.78, 5) is 4.62. The van der Waals surface area contributed by atoms with E-state index in [-0.39, 0.29) is 5.60 Å². The third kappa shape index (κ3) is 2.53. The van der Waals surface area contributed by atoms with Gasteiger partial charge in [-0.2, -0.15) is 4.98 Å². The van der Waals surface area contributed by atoms with Crippen molar-refractivity contribution in [3.8, 4) is 11.5 Å². The third-order valence-corrected chi connectivity index (χ3v) is 4.09. The van der Waals surface area contributed by atoms with Gasteiger partial charge < -0.3 is 14.6 Å². The molecule has 0 bridgehead atoms. The summed E-state index contributed by atoms with van der Waals surface area (Å²) >= 11 is 0. The van der Waals surface area contributed by atoms with Crippen molar-refractivity contribution < 1.29 is 9.26 Å². The number of aromatic nitrogens is 2. The van der Waals surface area contributed by atoms with Crippen LogP contribution in [0.4, 0.5) is 5.69 Å². The molecule has 21 heavy (non-hydrogen) atoms. The number of hydrogen-bond donors (Lipinski definition) is 1. The van der Waals surface area contributed by atoms with E-state index in [1.807, 2.05) is 38.2 Å². The van der Waals surface area contributed by atoms with E-state index in [1.54, 1.807) is 0 Å². The predicted molar refractivity (Wildman–Crippen MR) is 81.1 cm³/mol. The van der Waals surface area contributed by atoms with Crippen molar-refractivity contribution in [2.24, 2.45) is 0 Å². The Hall–Kier alpha value is -1.88. The molecule has 0 radical (unpaired) electrons. The van der Waals surface area contributed by atoms with E-state index >= 15 is 0 Å². The van der Waals surface area contributed by atoms with Gasteiger partial charge in [-0.1, -0.05) is 17.3 Å². The number of para-hydroxylation sites is 1. The molecule has 112 valence electrons. The van der Waals surface area contributed by atoms with Crippen LogP contribution in [0.1, 0.15) is 38.4 Å². The first-order valence-electron chi connectivity index (χ1n) is 7.54. The van der Waals surface area contributed by atoms with Crippen LogP contribution in [0.15, 0.2) is 28.8 Å². The molecule has 5 nitrogen and oxygen atoms in total. The van der Waals surface area contributed by atoms with Gasteiger partial charge in [-0.15, -0.1) is 0 Å². The van der Waals surface area contributed by atoms with E-state index in [0.29, 0.717) is 18.3 Å². The molecular formula is C16H21N3O2. The highest BCUT2D eigenvalue weighted by Crippen LogP contribution is 2.41. The van der Waals surface area contributed by atoms with E-state index < -0.39 is 0 Å². The average molecular weight is 287 g/mol. The zero-order valence-electron chi connectivity index (χ0n) is 12.6. The Morgan fingerprint density at radius 3 is 2.76 bits per heavy atom. The van der Waals surface area contributed by atoms with Crippen molar-refractivity contribution in [1.82, 2.24) is 10.1 Å². The molecule has 1 heterocycles. The number of nitrogens with zero attached hydrogens (tertiary/aromatic N) is 2. The predicted octanol–water partition coefficient (Wildman–Crippen LogP) is 3.58. The zero-order valence-corrected chi connectivity index (χ0v) is 12.6. The summed E-state index contributed by atoms with van der Waals surface area (Å²) in [5.41, 5.74) is 1.54. The first-order valence-corrected chi connectivity index (χ1v) is 7.54. The highest BCUT2D eigenvalue weighted by Gasteiger charge is 2.41. The summed E-state index contributed by atoms with van der Waals surface area (Å²) in [5, 5.41) is 7.35. The number of ether oxygens (including phenoxy) is 1. The third-order valence-electron chi connectivity index (χ3n) is 4.09. The number of nitrogens with one attached hydrogen (secondary N) is 1. The van der Waals surface area contributed by atoms with Gasteiger partial charge >= 0.3 is 0 Å².